The highest BCUT2D eigenvalue weighted by atomic mass is 79.9. The maximum atomic E-state index is 13.6. The van der Waals surface area contributed by atoms with Gasteiger partial charge < -0.3 is 4.74 Å². The lowest BCUT2D eigenvalue weighted by Gasteiger charge is -2.15. The fourth-order valence-electron chi connectivity index (χ4n) is 2.59. The molecule has 100 valence electrons. The molecule has 0 spiro atoms. The summed E-state index contributed by atoms with van der Waals surface area (Å²) < 4.78 is 32.7. The summed E-state index contributed by atoms with van der Waals surface area (Å²) >= 11 is 2.95. The van der Waals surface area contributed by atoms with Gasteiger partial charge in [-0.3, -0.25) is 0 Å². The van der Waals surface area contributed by atoms with Crippen molar-refractivity contribution in [2.45, 2.75) is 45.1 Å². The Hall–Kier alpha value is -0.640. The molecule has 0 bridgehead atoms. The average Bonchev–Trinajstić information content (AvgIpc) is 2.78. The van der Waals surface area contributed by atoms with Gasteiger partial charge in [-0.05, 0) is 53.2 Å². The fraction of sp³-hybridized carbons (Fsp3) is 0.571. The SMILES string of the molecule is CCCC1CCC(Oc2ccc(Br)c(F)c2F)C1. The van der Waals surface area contributed by atoms with E-state index in [9.17, 15) is 8.78 Å². The summed E-state index contributed by atoms with van der Waals surface area (Å²) in [4.78, 5) is 0. The first-order chi connectivity index (χ1) is 8.61. The molecule has 1 aliphatic rings. The average molecular weight is 319 g/mol. The normalized spacial score (nSPS) is 23.3. The standard InChI is InChI=1S/C14H17BrF2O/c1-2-3-9-4-5-10(8-9)18-12-7-6-11(15)13(16)14(12)17/h6-7,9-10H,2-5,8H2,1H3. The summed E-state index contributed by atoms with van der Waals surface area (Å²) in [6.45, 7) is 2.16. The summed E-state index contributed by atoms with van der Waals surface area (Å²) in [5, 5.41) is 0. The van der Waals surface area contributed by atoms with E-state index >= 15 is 0 Å². The zero-order valence-electron chi connectivity index (χ0n) is 10.4. The monoisotopic (exact) mass is 318 g/mol. The molecular formula is C14H17BrF2O. The number of rotatable bonds is 4. The van der Waals surface area contributed by atoms with Gasteiger partial charge in [0.05, 0.1) is 10.6 Å². The molecule has 2 unspecified atom stereocenters. The van der Waals surface area contributed by atoms with Gasteiger partial charge in [0.15, 0.2) is 11.6 Å². The molecule has 0 aromatic heterocycles. The van der Waals surface area contributed by atoms with E-state index < -0.39 is 11.6 Å². The van der Waals surface area contributed by atoms with Crippen molar-refractivity contribution in [3.63, 3.8) is 0 Å². The molecule has 1 aromatic carbocycles. The van der Waals surface area contributed by atoms with Gasteiger partial charge in [0.2, 0.25) is 5.82 Å². The second-order valence-corrected chi connectivity index (χ2v) is 5.74. The molecule has 1 aliphatic carbocycles. The van der Waals surface area contributed by atoms with Crippen LogP contribution in [0.1, 0.15) is 39.0 Å². The Balaban J connectivity index is 2.01. The second kappa shape index (κ2) is 6.00. The smallest absolute Gasteiger partial charge is 0.201 e. The van der Waals surface area contributed by atoms with Crippen LogP contribution in [0, 0.1) is 17.6 Å². The Morgan fingerprint density at radius 1 is 1.28 bits per heavy atom. The third kappa shape index (κ3) is 3.02. The zero-order valence-corrected chi connectivity index (χ0v) is 12.0. The largest absolute Gasteiger partial charge is 0.487 e. The van der Waals surface area contributed by atoms with E-state index in [2.05, 4.69) is 22.9 Å². The molecule has 0 radical (unpaired) electrons. The number of benzene rings is 1. The van der Waals surface area contributed by atoms with Crippen LogP contribution in [0.3, 0.4) is 0 Å². The third-order valence-corrected chi connectivity index (χ3v) is 4.10. The van der Waals surface area contributed by atoms with Gasteiger partial charge in [-0.25, -0.2) is 4.39 Å². The molecule has 1 aromatic rings. The molecule has 1 saturated carbocycles. The molecule has 4 heteroatoms. The van der Waals surface area contributed by atoms with E-state index in [-0.39, 0.29) is 16.3 Å². The van der Waals surface area contributed by atoms with Crippen LogP contribution in [0.4, 0.5) is 8.78 Å². The molecular weight excluding hydrogens is 302 g/mol. The number of halogens is 3. The number of ether oxygens (including phenoxy) is 1. The first-order valence-electron chi connectivity index (χ1n) is 6.42. The van der Waals surface area contributed by atoms with Gasteiger partial charge in [-0.2, -0.15) is 4.39 Å². The lowest BCUT2D eigenvalue weighted by Crippen LogP contribution is -2.13. The lowest BCUT2D eigenvalue weighted by molar-refractivity contribution is 0.192. The second-order valence-electron chi connectivity index (χ2n) is 4.88. The molecule has 2 atom stereocenters. The van der Waals surface area contributed by atoms with Gasteiger partial charge >= 0.3 is 0 Å². The minimum absolute atomic E-state index is 0.0247. The number of hydrogen-bond acceptors (Lipinski definition) is 1. The van der Waals surface area contributed by atoms with Crippen molar-refractivity contribution in [1.82, 2.24) is 0 Å². The molecule has 1 fully saturated rings. The summed E-state index contributed by atoms with van der Waals surface area (Å²) in [5.41, 5.74) is 0. The van der Waals surface area contributed by atoms with E-state index in [1.54, 1.807) is 0 Å². The van der Waals surface area contributed by atoms with Crippen molar-refractivity contribution >= 4 is 15.9 Å². The van der Waals surface area contributed by atoms with Crippen LogP contribution in [-0.4, -0.2) is 6.10 Å². The molecule has 0 aliphatic heterocycles. The Labute approximate surface area is 115 Å². The molecule has 0 N–H and O–H groups in total. The van der Waals surface area contributed by atoms with Gasteiger partial charge in [-0.1, -0.05) is 19.8 Å². The van der Waals surface area contributed by atoms with Gasteiger partial charge in [0.1, 0.15) is 0 Å². The highest BCUT2D eigenvalue weighted by molar-refractivity contribution is 9.10. The molecule has 0 saturated heterocycles. The molecule has 1 nitrogen and oxygen atoms in total. The Bertz CT molecular complexity index is 423. The van der Waals surface area contributed by atoms with E-state index in [0.29, 0.717) is 5.92 Å². The summed E-state index contributed by atoms with van der Waals surface area (Å²) in [5.74, 6) is -1.08. The van der Waals surface area contributed by atoms with E-state index in [1.807, 2.05) is 0 Å². The first-order valence-corrected chi connectivity index (χ1v) is 7.21. The summed E-state index contributed by atoms with van der Waals surface area (Å²) in [7, 11) is 0. The van der Waals surface area contributed by atoms with Crippen LogP contribution >= 0.6 is 15.9 Å². The van der Waals surface area contributed by atoms with Gasteiger partial charge in [0, 0.05) is 0 Å². The Kier molecular flexibility index (Phi) is 4.60. The molecule has 18 heavy (non-hydrogen) atoms. The summed E-state index contributed by atoms with van der Waals surface area (Å²) in [6.07, 6.45) is 5.39. The minimum atomic E-state index is -0.900. The molecule has 0 heterocycles. The predicted octanol–water partition coefficient (Wildman–Crippen LogP) is 5.07. The Morgan fingerprint density at radius 3 is 2.78 bits per heavy atom. The number of hydrogen-bond donors (Lipinski definition) is 0. The van der Waals surface area contributed by atoms with Gasteiger partial charge in [-0.15, -0.1) is 0 Å². The molecule has 0 amide bonds. The molecule has 2 rings (SSSR count). The highest BCUT2D eigenvalue weighted by Gasteiger charge is 2.26. The minimum Gasteiger partial charge on any atom is -0.487 e. The predicted molar refractivity (Wildman–Crippen MR) is 70.7 cm³/mol. The Morgan fingerprint density at radius 2 is 2.06 bits per heavy atom. The van der Waals surface area contributed by atoms with Crippen LogP contribution in [0.25, 0.3) is 0 Å². The van der Waals surface area contributed by atoms with Crippen LogP contribution in [-0.2, 0) is 0 Å². The van der Waals surface area contributed by atoms with Crippen molar-refractivity contribution in [2.75, 3.05) is 0 Å². The van der Waals surface area contributed by atoms with Crippen molar-refractivity contribution < 1.29 is 13.5 Å². The van der Waals surface area contributed by atoms with E-state index in [1.165, 1.54) is 25.0 Å². The first kappa shape index (κ1) is 13.8. The van der Waals surface area contributed by atoms with Crippen molar-refractivity contribution in [2.24, 2.45) is 5.92 Å². The topological polar surface area (TPSA) is 9.23 Å². The van der Waals surface area contributed by atoms with Crippen LogP contribution in [0.2, 0.25) is 0 Å². The van der Waals surface area contributed by atoms with Crippen molar-refractivity contribution in [3.8, 4) is 5.75 Å². The quantitative estimate of drug-likeness (QED) is 0.704. The van der Waals surface area contributed by atoms with E-state index in [4.69, 9.17) is 4.74 Å². The lowest BCUT2D eigenvalue weighted by atomic mass is 10.0. The maximum absolute atomic E-state index is 13.6. The maximum Gasteiger partial charge on any atom is 0.201 e. The van der Waals surface area contributed by atoms with Crippen LogP contribution < -0.4 is 4.74 Å². The van der Waals surface area contributed by atoms with Crippen LogP contribution in [0.5, 0.6) is 5.75 Å². The van der Waals surface area contributed by atoms with E-state index in [0.717, 1.165) is 19.3 Å². The van der Waals surface area contributed by atoms with Crippen LogP contribution in [0.15, 0.2) is 16.6 Å². The van der Waals surface area contributed by atoms with Gasteiger partial charge in [0.25, 0.3) is 0 Å². The fourth-order valence-corrected chi connectivity index (χ4v) is 2.89. The highest BCUT2D eigenvalue weighted by Crippen LogP contribution is 2.34. The zero-order chi connectivity index (χ0) is 13.1. The van der Waals surface area contributed by atoms with Crippen molar-refractivity contribution in [3.05, 3.63) is 28.2 Å². The van der Waals surface area contributed by atoms with Crippen molar-refractivity contribution in [1.29, 1.82) is 0 Å². The third-order valence-electron chi connectivity index (χ3n) is 3.48. The summed E-state index contributed by atoms with van der Waals surface area (Å²) in [6, 6.07) is 2.96.